The normalized spacial score (nSPS) is 17.0. The molecule has 0 spiro atoms. The van der Waals surface area contributed by atoms with Gasteiger partial charge in [-0.2, -0.15) is 4.31 Å². The maximum atomic E-state index is 12.4. The summed E-state index contributed by atoms with van der Waals surface area (Å²) in [6.45, 7) is 4.56. The van der Waals surface area contributed by atoms with Crippen LogP contribution in [0.1, 0.15) is 45.1 Å². The van der Waals surface area contributed by atoms with E-state index in [9.17, 15) is 8.42 Å². The van der Waals surface area contributed by atoms with E-state index in [0.717, 1.165) is 12.1 Å². The molecule has 0 unspecified atom stereocenters. The Bertz CT molecular complexity index is 546. The third-order valence-electron chi connectivity index (χ3n) is 4.28. The molecule has 118 valence electrons. The van der Waals surface area contributed by atoms with Crippen LogP contribution in [0.3, 0.4) is 0 Å². The first kappa shape index (κ1) is 16.5. The van der Waals surface area contributed by atoms with Crippen LogP contribution in [0, 0.1) is 0 Å². The molecule has 5 heteroatoms. The predicted octanol–water partition coefficient (Wildman–Crippen LogP) is 2.75. The van der Waals surface area contributed by atoms with E-state index >= 15 is 0 Å². The van der Waals surface area contributed by atoms with Crippen LogP contribution in [-0.4, -0.2) is 31.9 Å². The molecule has 4 nitrogen and oxygen atoms in total. The number of hydrogen-bond acceptors (Lipinski definition) is 3. The van der Waals surface area contributed by atoms with Gasteiger partial charge in [0.15, 0.2) is 0 Å². The summed E-state index contributed by atoms with van der Waals surface area (Å²) < 4.78 is 26.1. The minimum absolute atomic E-state index is 0.0429. The van der Waals surface area contributed by atoms with Crippen LogP contribution >= 0.6 is 0 Å². The second-order valence-electron chi connectivity index (χ2n) is 6.12. The van der Waals surface area contributed by atoms with Gasteiger partial charge in [0.05, 0.1) is 4.90 Å². The highest BCUT2D eigenvalue weighted by Crippen LogP contribution is 2.19. The van der Waals surface area contributed by atoms with Gasteiger partial charge in [-0.05, 0) is 44.4 Å². The van der Waals surface area contributed by atoms with E-state index in [-0.39, 0.29) is 6.04 Å². The second-order valence-corrected chi connectivity index (χ2v) is 8.12. The monoisotopic (exact) mass is 310 g/mol. The number of rotatable bonds is 6. The van der Waals surface area contributed by atoms with E-state index in [4.69, 9.17) is 0 Å². The third-order valence-corrected chi connectivity index (χ3v) is 6.33. The molecule has 0 amide bonds. The number of sulfonamides is 1. The molecule has 1 aliphatic rings. The van der Waals surface area contributed by atoms with Crippen molar-refractivity contribution in [3.05, 3.63) is 29.8 Å². The Balaban J connectivity index is 2.01. The lowest BCUT2D eigenvalue weighted by atomic mass is 10.2. The zero-order chi connectivity index (χ0) is 15.5. The van der Waals surface area contributed by atoms with Crippen LogP contribution in [0.25, 0.3) is 0 Å². The summed E-state index contributed by atoms with van der Waals surface area (Å²) >= 11 is 0. The molecule has 1 aromatic rings. The van der Waals surface area contributed by atoms with Crippen molar-refractivity contribution in [3.8, 4) is 0 Å². The lowest BCUT2D eigenvalue weighted by molar-refractivity contribution is 0.410. The first-order valence-corrected chi connectivity index (χ1v) is 9.15. The molecule has 21 heavy (non-hydrogen) atoms. The van der Waals surface area contributed by atoms with Crippen molar-refractivity contribution in [3.63, 3.8) is 0 Å². The summed E-state index contributed by atoms with van der Waals surface area (Å²) in [6.07, 6.45) is 5.14. The lowest BCUT2D eigenvalue weighted by Gasteiger charge is -2.21. The van der Waals surface area contributed by atoms with E-state index in [1.165, 1.54) is 30.0 Å². The van der Waals surface area contributed by atoms with Crippen molar-refractivity contribution in [2.75, 3.05) is 7.05 Å². The highest BCUT2D eigenvalue weighted by molar-refractivity contribution is 7.89. The van der Waals surface area contributed by atoms with Gasteiger partial charge in [0.25, 0.3) is 0 Å². The van der Waals surface area contributed by atoms with Crippen molar-refractivity contribution in [2.45, 2.75) is 63.1 Å². The average molecular weight is 310 g/mol. The molecule has 0 saturated heterocycles. The summed E-state index contributed by atoms with van der Waals surface area (Å²) in [7, 11) is -1.75. The zero-order valence-corrected chi connectivity index (χ0v) is 14.0. The Morgan fingerprint density at radius 3 is 2.29 bits per heavy atom. The molecule has 1 aromatic carbocycles. The number of hydrogen-bond donors (Lipinski definition) is 1. The largest absolute Gasteiger partial charge is 0.310 e. The van der Waals surface area contributed by atoms with Gasteiger partial charge in [-0.1, -0.05) is 25.0 Å². The van der Waals surface area contributed by atoms with Crippen molar-refractivity contribution in [1.29, 1.82) is 0 Å². The maximum Gasteiger partial charge on any atom is 0.243 e. The summed E-state index contributed by atoms with van der Waals surface area (Å²) in [5, 5.41) is 3.54. The van der Waals surface area contributed by atoms with Gasteiger partial charge in [0.1, 0.15) is 0 Å². The van der Waals surface area contributed by atoms with Gasteiger partial charge in [-0.3, -0.25) is 0 Å². The van der Waals surface area contributed by atoms with E-state index in [0.29, 0.717) is 10.9 Å². The molecule has 1 N–H and O–H groups in total. The highest BCUT2D eigenvalue weighted by atomic mass is 32.2. The smallest absolute Gasteiger partial charge is 0.243 e. The third kappa shape index (κ3) is 4.05. The number of nitrogens with zero attached hydrogens (tertiary/aromatic N) is 1. The molecule has 1 saturated carbocycles. The molecular weight excluding hydrogens is 284 g/mol. The maximum absolute atomic E-state index is 12.4. The van der Waals surface area contributed by atoms with Crippen molar-refractivity contribution in [1.82, 2.24) is 9.62 Å². The van der Waals surface area contributed by atoms with Gasteiger partial charge in [-0.25, -0.2) is 8.42 Å². The van der Waals surface area contributed by atoms with Crippen LogP contribution in [0.15, 0.2) is 29.2 Å². The quantitative estimate of drug-likeness (QED) is 0.879. The molecule has 0 bridgehead atoms. The van der Waals surface area contributed by atoms with Gasteiger partial charge in [-0.15, -0.1) is 0 Å². The van der Waals surface area contributed by atoms with Gasteiger partial charge < -0.3 is 5.32 Å². The van der Waals surface area contributed by atoms with Crippen LogP contribution in [0.5, 0.6) is 0 Å². The standard InChI is InChI=1S/C16H26N2O2S/c1-13(2)18(3)21(19,20)16-10-8-14(9-11-16)12-17-15-6-4-5-7-15/h8-11,13,15,17H,4-7,12H2,1-3H3. The van der Waals surface area contributed by atoms with Crippen molar-refractivity contribution < 1.29 is 8.42 Å². The molecular formula is C16H26N2O2S. The molecule has 0 atom stereocenters. The topological polar surface area (TPSA) is 49.4 Å². The molecule has 0 radical (unpaired) electrons. The molecule has 1 aliphatic carbocycles. The van der Waals surface area contributed by atoms with E-state index < -0.39 is 10.0 Å². The highest BCUT2D eigenvalue weighted by Gasteiger charge is 2.22. The first-order chi connectivity index (χ1) is 9.91. The molecule has 1 fully saturated rings. The second kappa shape index (κ2) is 6.90. The van der Waals surface area contributed by atoms with Gasteiger partial charge in [0.2, 0.25) is 10.0 Å². The van der Waals surface area contributed by atoms with Crippen molar-refractivity contribution in [2.24, 2.45) is 0 Å². The zero-order valence-electron chi connectivity index (χ0n) is 13.2. The average Bonchev–Trinajstić information content (AvgIpc) is 2.98. The number of benzene rings is 1. The van der Waals surface area contributed by atoms with Crippen LogP contribution < -0.4 is 5.32 Å². The first-order valence-electron chi connectivity index (χ1n) is 7.71. The van der Waals surface area contributed by atoms with Crippen molar-refractivity contribution >= 4 is 10.0 Å². The fraction of sp³-hybridized carbons (Fsp3) is 0.625. The van der Waals surface area contributed by atoms with Gasteiger partial charge in [0, 0.05) is 25.7 Å². The number of nitrogens with one attached hydrogen (secondary N) is 1. The van der Waals surface area contributed by atoms with E-state index in [2.05, 4.69) is 5.32 Å². The molecule has 0 aromatic heterocycles. The lowest BCUT2D eigenvalue weighted by Crippen LogP contribution is -2.33. The Morgan fingerprint density at radius 1 is 1.19 bits per heavy atom. The summed E-state index contributed by atoms with van der Waals surface area (Å²) in [5.41, 5.74) is 1.13. The summed E-state index contributed by atoms with van der Waals surface area (Å²) in [6, 6.07) is 7.81. The Morgan fingerprint density at radius 2 is 1.76 bits per heavy atom. The molecule has 0 heterocycles. The Labute approximate surface area is 128 Å². The minimum atomic E-state index is -3.37. The molecule has 2 rings (SSSR count). The Hall–Kier alpha value is -0.910. The SMILES string of the molecule is CC(C)N(C)S(=O)(=O)c1ccc(CNC2CCCC2)cc1. The van der Waals surface area contributed by atoms with E-state index in [1.807, 2.05) is 26.0 Å². The van der Waals surface area contributed by atoms with Crippen LogP contribution in [-0.2, 0) is 16.6 Å². The van der Waals surface area contributed by atoms with Gasteiger partial charge >= 0.3 is 0 Å². The Kier molecular flexibility index (Phi) is 5.41. The van der Waals surface area contributed by atoms with Crippen LogP contribution in [0.2, 0.25) is 0 Å². The minimum Gasteiger partial charge on any atom is -0.310 e. The van der Waals surface area contributed by atoms with E-state index in [1.54, 1.807) is 19.2 Å². The summed E-state index contributed by atoms with van der Waals surface area (Å²) in [4.78, 5) is 0.364. The molecule has 0 aliphatic heterocycles. The predicted molar refractivity (Wildman–Crippen MR) is 85.6 cm³/mol. The fourth-order valence-corrected chi connectivity index (χ4v) is 3.98. The summed E-state index contributed by atoms with van der Waals surface area (Å²) in [5.74, 6) is 0. The fourth-order valence-electron chi connectivity index (χ4n) is 2.62. The van der Waals surface area contributed by atoms with Crippen LogP contribution in [0.4, 0.5) is 0 Å².